The average molecular weight is 267 g/mol. The van der Waals surface area contributed by atoms with E-state index in [9.17, 15) is 0 Å². The highest BCUT2D eigenvalue weighted by Gasteiger charge is 2.18. The predicted molar refractivity (Wildman–Crippen MR) is 83.6 cm³/mol. The zero-order valence-electron chi connectivity index (χ0n) is 12.7. The van der Waals surface area contributed by atoms with Gasteiger partial charge >= 0.3 is 0 Å². The van der Waals surface area contributed by atoms with Crippen molar-refractivity contribution in [3.8, 4) is 0 Å². The third-order valence-electron chi connectivity index (χ3n) is 3.40. The van der Waals surface area contributed by atoms with Gasteiger partial charge in [-0.1, -0.05) is 53.4 Å². The Morgan fingerprint density at radius 1 is 1.17 bits per heavy atom. The van der Waals surface area contributed by atoms with E-state index in [2.05, 4.69) is 52.2 Å². The summed E-state index contributed by atoms with van der Waals surface area (Å²) < 4.78 is 0. The quantitative estimate of drug-likeness (QED) is 0.663. The highest BCUT2D eigenvalue weighted by molar-refractivity contribution is 7.12. The van der Waals surface area contributed by atoms with Crippen molar-refractivity contribution < 1.29 is 0 Å². The van der Waals surface area contributed by atoms with Crippen molar-refractivity contribution in [2.45, 2.75) is 71.3 Å². The highest BCUT2D eigenvalue weighted by atomic mass is 32.1. The standard InChI is InChI=1S/C16H29NS/c1-6-7-8-9-10-13(17-5)14-11-12-15(18-14)16(2,3)4/h11-13,17H,6-10H2,1-5H3. The van der Waals surface area contributed by atoms with Gasteiger partial charge in [0.1, 0.15) is 0 Å². The Hall–Kier alpha value is -0.340. The van der Waals surface area contributed by atoms with Gasteiger partial charge in [0.2, 0.25) is 0 Å². The van der Waals surface area contributed by atoms with E-state index in [-0.39, 0.29) is 5.41 Å². The van der Waals surface area contributed by atoms with Crippen LogP contribution in [0.3, 0.4) is 0 Å². The summed E-state index contributed by atoms with van der Waals surface area (Å²) in [6, 6.07) is 5.16. The summed E-state index contributed by atoms with van der Waals surface area (Å²) >= 11 is 1.97. The van der Waals surface area contributed by atoms with Crippen LogP contribution >= 0.6 is 11.3 Å². The van der Waals surface area contributed by atoms with Crippen LogP contribution in [0, 0.1) is 0 Å². The molecule has 1 rings (SSSR count). The molecular weight excluding hydrogens is 238 g/mol. The van der Waals surface area contributed by atoms with Crippen molar-refractivity contribution in [1.82, 2.24) is 5.32 Å². The number of hydrogen-bond donors (Lipinski definition) is 1. The Morgan fingerprint density at radius 2 is 1.89 bits per heavy atom. The minimum atomic E-state index is 0.281. The van der Waals surface area contributed by atoms with Crippen LogP contribution in [0.5, 0.6) is 0 Å². The summed E-state index contributed by atoms with van der Waals surface area (Å²) in [4.78, 5) is 2.99. The molecule has 0 saturated heterocycles. The molecule has 0 spiro atoms. The Morgan fingerprint density at radius 3 is 2.39 bits per heavy atom. The molecule has 18 heavy (non-hydrogen) atoms. The summed E-state index contributed by atoms with van der Waals surface area (Å²) in [5.74, 6) is 0. The van der Waals surface area contributed by atoms with Crippen LogP contribution in [0.2, 0.25) is 0 Å². The fraction of sp³-hybridized carbons (Fsp3) is 0.750. The lowest BCUT2D eigenvalue weighted by molar-refractivity contribution is 0.511. The van der Waals surface area contributed by atoms with Gasteiger partial charge in [0.15, 0.2) is 0 Å². The van der Waals surface area contributed by atoms with Crippen molar-refractivity contribution in [3.63, 3.8) is 0 Å². The zero-order chi connectivity index (χ0) is 13.6. The molecule has 1 aromatic heterocycles. The topological polar surface area (TPSA) is 12.0 Å². The molecular formula is C16H29NS. The van der Waals surface area contributed by atoms with E-state index in [1.807, 2.05) is 11.3 Å². The number of hydrogen-bond acceptors (Lipinski definition) is 2. The molecule has 1 N–H and O–H groups in total. The second-order valence-corrected chi connectivity index (χ2v) is 7.26. The van der Waals surface area contributed by atoms with E-state index in [1.54, 1.807) is 0 Å². The van der Waals surface area contributed by atoms with E-state index in [1.165, 1.54) is 41.9 Å². The van der Waals surface area contributed by atoms with Crippen LogP contribution in [0.15, 0.2) is 12.1 Å². The fourth-order valence-electron chi connectivity index (χ4n) is 2.15. The fourth-order valence-corrected chi connectivity index (χ4v) is 3.36. The molecule has 0 saturated carbocycles. The normalized spacial score (nSPS) is 13.8. The first-order valence-corrected chi connectivity index (χ1v) is 8.08. The third kappa shape index (κ3) is 4.74. The molecule has 0 amide bonds. The molecule has 1 aromatic rings. The lowest BCUT2D eigenvalue weighted by Gasteiger charge is -2.17. The van der Waals surface area contributed by atoms with Gasteiger partial charge in [-0.05, 0) is 31.0 Å². The maximum absolute atomic E-state index is 3.47. The summed E-state index contributed by atoms with van der Waals surface area (Å²) in [6.45, 7) is 9.14. The Labute approximate surface area is 117 Å². The van der Waals surface area contributed by atoms with Gasteiger partial charge in [0.05, 0.1) is 0 Å². The Bertz CT molecular complexity index is 335. The van der Waals surface area contributed by atoms with E-state index < -0.39 is 0 Å². The lowest BCUT2D eigenvalue weighted by Crippen LogP contribution is -2.15. The molecule has 0 aliphatic heterocycles. The summed E-state index contributed by atoms with van der Waals surface area (Å²) in [7, 11) is 2.08. The van der Waals surface area contributed by atoms with E-state index in [0.717, 1.165) is 0 Å². The molecule has 1 heterocycles. The number of rotatable bonds is 7. The molecule has 0 fully saturated rings. The van der Waals surface area contributed by atoms with Gasteiger partial charge in [-0.2, -0.15) is 0 Å². The molecule has 1 atom stereocenters. The lowest BCUT2D eigenvalue weighted by atomic mass is 9.95. The van der Waals surface area contributed by atoms with Crippen LogP contribution in [0.25, 0.3) is 0 Å². The van der Waals surface area contributed by atoms with Crippen LogP contribution in [-0.2, 0) is 5.41 Å². The van der Waals surface area contributed by atoms with Crippen molar-refractivity contribution in [3.05, 3.63) is 21.9 Å². The van der Waals surface area contributed by atoms with Gasteiger partial charge in [-0.25, -0.2) is 0 Å². The molecule has 104 valence electrons. The van der Waals surface area contributed by atoms with Crippen LogP contribution < -0.4 is 5.32 Å². The Balaban J connectivity index is 2.57. The van der Waals surface area contributed by atoms with Crippen molar-refractivity contribution in [2.75, 3.05) is 7.05 Å². The molecule has 0 aromatic carbocycles. The monoisotopic (exact) mass is 267 g/mol. The minimum absolute atomic E-state index is 0.281. The van der Waals surface area contributed by atoms with Crippen molar-refractivity contribution >= 4 is 11.3 Å². The van der Waals surface area contributed by atoms with Gasteiger partial charge in [0, 0.05) is 15.8 Å². The van der Waals surface area contributed by atoms with Gasteiger partial charge in [-0.3, -0.25) is 0 Å². The van der Waals surface area contributed by atoms with Crippen LogP contribution in [-0.4, -0.2) is 7.05 Å². The van der Waals surface area contributed by atoms with E-state index in [4.69, 9.17) is 0 Å². The molecule has 1 nitrogen and oxygen atoms in total. The molecule has 0 aliphatic rings. The molecule has 0 bridgehead atoms. The first kappa shape index (κ1) is 15.7. The highest BCUT2D eigenvalue weighted by Crippen LogP contribution is 2.33. The molecule has 0 aliphatic carbocycles. The third-order valence-corrected chi connectivity index (χ3v) is 5.03. The van der Waals surface area contributed by atoms with Crippen LogP contribution in [0.4, 0.5) is 0 Å². The first-order chi connectivity index (χ1) is 8.49. The number of nitrogens with one attached hydrogen (secondary N) is 1. The molecule has 1 unspecified atom stereocenters. The number of unbranched alkanes of at least 4 members (excludes halogenated alkanes) is 3. The van der Waals surface area contributed by atoms with Gasteiger partial charge in [0.25, 0.3) is 0 Å². The summed E-state index contributed by atoms with van der Waals surface area (Å²) in [5.41, 5.74) is 0.281. The maximum Gasteiger partial charge on any atom is 0.0412 e. The second kappa shape index (κ2) is 7.30. The SMILES string of the molecule is CCCCCCC(NC)c1ccc(C(C)(C)C)s1. The smallest absolute Gasteiger partial charge is 0.0412 e. The predicted octanol–water partition coefficient (Wildman–Crippen LogP) is 5.28. The average Bonchev–Trinajstić information content (AvgIpc) is 2.78. The summed E-state index contributed by atoms with van der Waals surface area (Å²) in [6.07, 6.45) is 6.65. The number of thiophene rings is 1. The van der Waals surface area contributed by atoms with Gasteiger partial charge in [-0.15, -0.1) is 11.3 Å². The van der Waals surface area contributed by atoms with Crippen molar-refractivity contribution in [1.29, 1.82) is 0 Å². The zero-order valence-corrected chi connectivity index (χ0v) is 13.5. The molecule has 0 radical (unpaired) electrons. The van der Waals surface area contributed by atoms with Crippen molar-refractivity contribution in [2.24, 2.45) is 0 Å². The first-order valence-electron chi connectivity index (χ1n) is 7.26. The van der Waals surface area contributed by atoms with E-state index in [0.29, 0.717) is 6.04 Å². The maximum atomic E-state index is 3.47. The molecule has 2 heteroatoms. The largest absolute Gasteiger partial charge is 0.312 e. The second-order valence-electron chi connectivity index (χ2n) is 6.14. The minimum Gasteiger partial charge on any atom is -0.312 e. The summed E-state index contributed by atoms with van der Waals surface area (Å²) in [5, 5.41) is 3.47. The van der Waals surface area contributed by atoms with Gasteiger partial charge < -0.3 is 5.32 Å². The Kier molecular flexibility index (Phi) is 6.37. The van der Waals surface area contributed by atoms with Crippen LogP contribution in [0.1, 0.15) is 75.6 Å². The van der Waals surface area contributed by atoms with E-state index >= 15 is 0 Å².